The summed E-state index contributed by atoms with van der Waals surface area (Å²) < 4.78 is 38.8. The molecule has 3 aromatic heterocycles. The van der Waals surface area contributed by atoms with Crippen LogP contribution in [0.15, 0.2) is 40.4 Å². The van der Waals surface area contributed by atoms with Crippen LogP contribution in [-0.4, -0.2) is 19.9 Å². The van der Waals surface area contributed by atoms with Crippen molar-refractivity contribution in [1.29, 1.82) is 0 Å². The Morgan fingerprint density at radius 1 is 1.18 bits per heavy atom. The van der Waals surface area contributed by atoms with Crippen LogP contribution in [0.2, 0.25) is 0 Å². The minimum atomic E-state index is -4.49. The molecule has 0 spiro atoms. The van der Waals surface area contributed by atoms with E-state index in [-0.39, 0.29) is 16.7 Å². The molecule has 0 saturated heterocycles. The zero-order valence-corrected chi connectivity index (χ0v) is 16.1. The number of benzene rings is 1. The van der Waals surface area contributed by atoms with Crippen LogP contribution in [0.3, 0.4) is 0 Å². The van der Waals surface area contributed by atoms with Crippen molar-refractivity contribution in [2.24, 2.45) is 0 Å². The van der Waals surface area contributed by atoms with Gasteiger partial charge in [-0.05, 0) is 30.7 Å². The number of H-pyrrole nitrogens is 1. The molecule has 5 nitrogen and oxygen atoms in total. The number of nitrogens with zero attached hydrogens (tertiary/aromatic N) is 3. The molecular weight excluding hydrogens is 409 g/mol. The van der Waals surface area contributed by atoms with Gasteiger partial charge in [0.2, 0.25) is 0 Å². The van der Waals surface area contributed by atoms with Gasteiger partial charge in [-0.3, -0.25) is 4.79 Å². The molecule has 0 aliphatic rings. The molecule has 0 saturated carbocycles. The molecule has 0 bridgehead atoms. The fraction of sp³-hybridized carbons (Fsp3) is 0.222. The van der Waals surface area contributed by atoms with Gasteiger partial charge in [0.25, 0.3) is 5.56 Å². The highest BCUT2D eigenvalue weighted by atomic mass is 32.2. The van der Waals surface area contributed by atoms with E-state index in [2.05, 4.69) is 26.9 Å². The van der Waals surface area contributed by atoms with Crippen LogP contribution in [0, 0.1) is 0 Å². The van der Waals surface area contributed by atoms with Crippen LogP contribution < -0.4 is 5.56 Å². The molecule has 28 heavy (non-hydrogen) atoms. The summed E-state index contributed by atoms with van der Waals surface area (Å²) in [5, 5.41) is 1.79. The van der Waals surface area contributed by atoms with Gasteiger partial charge >= 0.3 is 6.18 Å². The predicted octanol–water partition coefficient (Wildman–Crippen LogP) is 4.80. The molecule has 0 aliphatic heterocycles. The molecule has 4 aromatic rings. The van der Waals surface area contributed by atoms with Crippen molar-refractivity contribution in [3.8, 4) is 0 Å². The number of nitrogens with one attached hydrogen (secondary N) is 1. The fourth-order valence-electron chi connectivity index (χ4n) is 2.74. The predicted molar refractivity (Wildman–Crippen MR) is 104 cm³/mol. The molecule has 1 aromatic carbocycles. The maximum atomic E-state index is 12.9. The first-order valence-electron chi connectivity index (χ1n) is 8.31. The number of aromatic nitrogens is 4. The van der Waals surface area contributed by atoms with E-state index in [9.17, 15) is 18.0 Å². The van der Waals surface area contributed by atoms with Crippen LogP contribution in [0.1, 0.15) is 23.2 Å². The van der Waals surface area contributed by atoms with E-state index in [4.69, 9.17) is 0 Å². The van der Waals surface area contributed by atoms with E-state index in [0.717, 1.165) is 39.9 Å². The maximum Gasteiger partial charge on any atom is 0.416 e. The number of hydrogen-bond donors (Lipinski definition) is 1. The minimum absolute atomic E-state index is 0.0193. The lowest BCUT2D eigenvalue weighted by atomic mass is 10.1. The number of fused-ring (bicyclic) bond motifs is 2. The van der Waals surface area contributed by atoms with Gasteiger partial charge in [-0.2, -0.15) is 13.2 Å². The molecule has 0 radical (unpaired) electrons. The first-order valence-corrected chi connectivity index (χ1v) is 10.1. The zero-order valence-electron chi connectivity index (χ0n) is 14.5. The van der Waals surface area contributed by atoms with E-state index in [1.165, 1.54) is 23.0 Å². The first-order chi connectivity index (χ1) is 13.3. The topological polar surface area (TPSA) is 71.5 Å². The average molecular weight is 422 g/mol. The summed E-state index contributed by atoms with van der Waals surface area (Å²) in [7, 11) is 0. The Morgan fingerprint density at radius 2 is 2.00 bits per heavy atom. The standard InChI is InChI=1S/C18H13F3N4OS2/c1-2-10-6-12-16(22-8-23-17(12)28-10)27-7-14-24-13-5-9(18(19,20)21)3-4-11(13)15(26)25-14/h3-6,8H,2,7H2,1H3,(H,24,25,26). The van der Waals surface area contributed by atoms with Crippen LogP contribution in [0.4, 0.5) is 13.2 Å². The molecular formula is C18H13F3N4OS2. The lowest BCUT2D eigenvalue weighted by Crippen LogP contribution is -2.13. The number of aryl methyl sites for hydroxylation is 1. The average Bonchev–Trinajstić information content (AvgIpc) is 3.09. The van der Waals surface area contributed by atoms with Crippen LogP contribution in [0.5, 0.6) is 0 Å². The Balaban J connectivity index is 1.67. The molecule has 0 atom stereocenters. The summed E-state index contributed by atoms with van der Waals surface area (Å²) in [6.45, 7) is 2.06. The van der Waals surface area contributed by atoms with Gasteiger partial charge in [-0.1, -0.05) is 18.7 Å². The lowest BCUT2D eigenvalue weighted by molar-refractivity contribution is -0.137. The van der Waals surface area contributed by atoms with Crippen molar-refractivity contribution in [1.82, 2.24) is 19.9 Å². The number of halogens is 3. The quantitative estimate of drug-likeness (QED) is 0.378. The second-order valence-corrected chi connectivity index (χ2v) is 8.07. The normalized spacial score (nSPS) is 12.1. The maximum absolute atomic E-state index is 12.9. The molecule has 0 unspecified atom stereocenters. The Hall–Kier alpha value is -2.46. The fourth-order valence-corrected chi connectivity index (χ4v) is 4.58. The molecule has 10 heteroatoms. The van der Waals surface area contributed by atoms with E-state index in [1.807, 2.05) is 6.07 Å². The van der Waals surface area contributed by atoms with Crippen LogP contribution in [-0.2, 0) is 18.3 Å². The highest BCUT2D eigenvalue weighted by Crippen LogP contribution is 2.33. The summed E-state index contributed by atoms with van der Waals surface area (Å²) in [6, 6.07) is 4.96. The number of alkyl halides is 3. The van der Waals surface area contributed by atoms with Crippen molar-refractivity contribution in [2.45, 2.75) is 30.3 Å². The smallest absolute Gasteiger partial charge is 0.309 e. The van der Waals surface area contributed by atoms with Crippen LogP contribution in [0.25, 0.3) is 21.1 Å². The van der Waals surface area contributed by atoms with E-state index in [1.54, 1.807) is 11.3 Å². The second kappa shape index (κ2) is 7.17. The summed E-state index contributed by atoms with van der Waals surface area (Å²) >= 11 is 2.95. The minimum Gasteiger partial charge on any atom is -0.309 e. The highest BCUT2D eigenvalue weighted by molar-refractivity contribution is 7.98. The Morgan fingerprint density at radius 3 is 2.75 bits per heavy atom. The van der Waals surface area contributed by atoms with Gasteiger partial charge in [-0.15, -0.1) is 11.3 Å². The highest BCUT2D eigenvalue weighted by Gasteiger charge is 2.30. The van der Waals surface area contributed by atoms with Crippen molar-refractivity contribution < 1.29 is 13.2 Å². The van der Waals surface area contributed by atoms with Crippen molar-refractivity contribution in [2.75, 3.05) is 0 Å². The summed E-state index contributed by atoms with van der Waals surface area (Å²) in [6.07, 6.45) is -2.12. The molecule has 0 fully saturated rings. The molecule has 144 valence electrons. The Bertz CT molecular complexity index is 1230. The number of thioether (sulfide) groups is 1. The summed E-state index contributed by atoms with van der Waals surface area (Å²) in [5.74, 6) is 0.560. The van der Waals surface area contributed by atoms with E-state index >= 15 is 0 Å². The largest absolute Gasteiger partial charge is 0.416 e. The Kier molecular flexibility index (Phi) is 4.84. The zero-order chi connectivity index (χ0) is 19.9. The van der Waals surface area contributed by atoms with Gasteiger partial charge in [0.1, 0.15) is 22.0 Å². The summed E-state index contributed by atoms with van der Waals surface area (Å²) in [5.41, 5.74) is -1.28. The third-order valence-electron chi connectivity index (χ3n) is 4.12. The molecule has 4 rings (SSSR count). The van der Waals surface area contributed by atoms with Gasteiger partial charge in [0.05, 0.1) is 22.2 Å². The van der Waals surface area contributed by atoms with Crippen molar-refractivity contribution in [3.05, 3.63) is 57.2 Å². The van der Waals surface area contributed by atoms with Gasteiger partial charge < -0.3 is 4.98 Å². The second-order valence-electron chi connectivity index (χ2n) is 5.99. The number of thiophene rings is 1. The molecule has 3 heterocycles. The van der Waals surface area contributed by atoms with Crippen LogP contribution >= 0.6 is 23.1 Å². The number of hydrogen-bond acceptors (Lipinski definition) is 6. The SMILES string of the molecule is CCc1cc2c(SCc3nc4cc(C(F)(F)F)ccc4c(=O)[nH]3)ncnc2s1. The van der Waals surface area contributed by atoms with Gasteiger partial charge in [-0.25, -0.2) is 15.0 Å². The van der Waals surface area contributed by atoms with Gasteiger partial charge in [0.15, 0.2) is 0 Å². The van der Waals surface area contributed by atoms with Crippen molar-refractivity contribution in [3.63, 3.8) is 0 Å². The first kappa shape index (κ1) is 18.9. The Labute approximate surface area is 165 Å². The van der Waals surface area contributed by atoms with Crippen molar-refractivity contribution >= 4 is 44.2 Å². The number of aromatic amines is 1. The molecule has 0 amide bonds. The lowest BCUT2D eigenvalue weighted by Gasteiger charge is -2.08. The van der Waals surface area contributed by atoms with E-state index in [0.29, 0.717) is 5.82 Å². The van der Waals surface area contributed by atoms with E-state index < -0.39 is 17.3 Å². The third kappa shape index (κ3) is 3.61. The number of rotatable bonds is 4. The monoisotopic (exact) mass is 422 g/mol. The van der Waals surface area contributed by atoms with Gasteiger partial charge in [0, 0.05) is 10.3 Å². The molecule has 1 N–H and O–H groups in total. The third-order valence-corrected chi connectivity index (χ3v) is 6.32. The molecule has 0 aliphatic carbocycles. The summed E-state index contributed by atoms with van der Waals surface area (Å²) in [4.78, 5) is 29.7.